The summed E-state index contributed by atoms with van der Waals surface area (Å²) in [5.41, 5.74) is 0.215. The molecule has 1 rings (SSSR count). The molecule has 0 saturated carbocycles. The van der Waals surface area contributed by atoms with Crippen LogP contribution < -0.4 is 5.46 Å². The number of phenolic OH excluding ortho intramolecular Hbond substituents is 1. The molecule has 0 amide bonds. The highest BCUT2D eigenvalue weighted by molar-refractivity contribution is 6.58. The van der Waals surface area contributed by atoms with Crippen LogP contribution >= 0.6 is 11.6 Å². The maximum absolute atomic E-state index is 8.99. The fourth-order valence-electron chi connectivity index (χ4n) is 0.690. The van der Waals surface area contributed by atoms with Crippen molar-refractivity contribution in [1.29, 1.82) is 0 Å². The lowest BCUT2D eigenvalue weighted by molar-refractivity contribution is 0.424. The first-order valence-corrected chi connectivity index (χ1v) is 3.33. The van der Waals surface area contributed by atoms with E-state index in [2.05, 4.69) is 0 Å². The molecule has 0 unspecified atom stereocenters. The van der Waals surface area contributed by atoms with Crippen molar-refractivity contribution in [3.63, 3.8) is 0 Å². The zero-order valence-corrected chi connectivity index (χ0v) is 6.28. The van der Waals surface area contributed by atoms with E-state index in [1.54, 1.807) is 0 Å². The number of aromatic hydroxyl groups is 1. The number of hydrogen-bond donors (Lipinski definition) is 3. The van der Waals surface area contributed by atoms with E-state index in [4.69, 9.17) is 26.8 Å². The highest BCUT2D eigenvalue weighted by Crippen LogP contribution is 2.19. The van der Waals surface area contributed by atoms with Crippen LogP contribution in [0.2, 0.25) is 5.02 Å². The molecular formula is C6H6BClO3. The normalized spacial score (nSPS) is 9.73. The molecule has 0 aromatic heterocycles. The molecule has 3 N–H and O–H groups in total. The van der Waals surface area contributed by atoms with Gasteiger partial charge in [0.05, 0.1) is 5.02 Å². The zero-order valence-electron chi connectivity index (χ0n) is 5.53. The van der Waals surface area contributed by atoms with Gasteiger partial charge in [0.1, 0.15) is 5.75 Å². The molecule has 0 atom stereocenters. The van der Waals surface area contributed by atoms with Crippen LogP contribution in [-0.2, 0) is 0 Å². The van der Waals surface area contributed by atoms with Gasteiger partial charge in [0.25, 0.3) is 0 Å². The fraction of sp³-hybridized carbons (Fsp3) is 0. The van der Waals surface area contributed by atoms with Gasteiger partial charge in [-0.05, 0) is 17.6 Å². The van der Waals surface area contributed by atoms with Gasteiger partial charge in [0.2, 0.25) is 0 Å². The first-order chi connectivity index (χ1) is 5.11. The molecule has 1 aromatic carbocycles. The number of hydrogen-bond acceptors (Lipinski definition) is 3. The van der Waals surface area contributed by atoms with Crippen molar-refractivity contribution in [2.24, 2.45) is 0 Å². The summed E-state index contributed by atoms with van der Waals surface area (Å²) in [5, 5.41) is 26.5. The number of halogens is 1. The minimum Gasteiger partial charge on any atom is -0.506 e. The van der Waals surface area contributed by atoms with Crippen LogP contribution in [0.3, 0.4) is 0 Å². The quantitative estimate of drug-likeness (QED) is 0.511. The Morgan fingerprint density at radius 3 is 2.36 bits per heavy atom. The molecule has 11 heavy (non-hydrogen) atoms. The molecule has 0 fully saturated rings. The van der Waals surface area contributed by atoms with Crippen LogP contribution in [0.25, 0.3) is 0 Å². The summed E-state index contributed by atoms with van der Waals surface area (Å²) in [6.07, 6.45) is 0. The van der Waals surface area contributed by atoms with Crippen molar-refractivity contribution < 1.29 is 15.2 Å². The van der Waals surface area contributed by atoms with Crippen LogP contribution in [0.4, 0.5) is 0 Å². The van der Waals surface area contributed by atoms with Crippen molar-refractivity contribution in [2.75, 3.05) is 0 Å². The Morgan fingerprint density at radius 1 is 1.27 bits per heavy atom. The lowest BCUT2D eigenvalue weighted by Crippen LogP contribution is -2.29. The van der Waals surface area contributed by atoms with Crippen molar-refractivity contribution in [2.45, 2.75) is 0 Å². The molecule has 0 aliphatic carbocycles. The Morgan fingerprint density at radius 2 is 1.91 bits per heavy atom. The summed E-state index contributed by atoms with van der Waals surface area (Å²) in [6, 6.07) is 4.02. The van der Waals surface area contributed by atoms with E-state index >= 15 is 0 Å². The van der Waals surface area contributed by atoms with Crippen molar-refractivity contribution in [1.82, 2.24) is 0 Å². The third-order valence-corrected chi connectivity index (χ3v) is 1.59. The van der Waals surface area contributed by atoms with Crippen molar-refractivity contribution in [3.05, 3.63) is 23.2 Å². The summed E-state index contributed by atoms with van der Waals surface area (Å²) in [5.74, 6) is -0.155. The molecule has 0 heterocycles. The number of rotatable bonds is 1. The van der Waals surface area contributed by atoms with Gasteiger partial charge in [-0.1, -0.05) is 17.7 Å². The summed E-state index contributed by atoms with van der Waals surface area (Å²) in [7, 11) is -1.57. The second kappa shape index (κ2) is 3.13. The third-order valence-electron chi connectivity index (χ3n) is 1.27. The van der Waals surface area contributed by atoms with Gasteiger partial charge in [-0.3, -0.25) is 0 Å². The van der Waals surface area contributed by atoms with Gasteiger partial charge in [-0.2, -0.15) is 0 Å². The third kappa shape index (κ3) is 1.86. The molecule has 0 radical (unpaired) electrons. The van der Waals surface area contributed by atoms with Gasteiger partial charge < -0.3 is 15.2 Å². The predicted octanol–water partition coefficient (Wildman–Crippen LogP) is -0.275. The summed E-state index contributed by atoms with van der Waals surface area (Å²) < 4.78 is 0. The standard InChI is InChI=1S/C6H6BClO3/c8-5-2-1-4(7(10)11)3-6(5)9/h1-3,9-11H. The Balaban J connectivity index is 3.05. The van der Waals surface area contributed by atoms with E-state index in [0.29, 0.717) is 0 Å². The van der Waals surface area contributed by atoms with Crippen molar-refractivity contribution >= 4 is 24.2 Å². The van der Waals surface area contributed by atoms with E-state index in [-0.39, 0.29) is 16.2 Å². The highest BCUT2D eigenvalue weighted by Gasteiger charge is 2.11. The SMILES string of the molecule is OB(O)c1ccc(Cl)c(O)c1. The van der Waals surface area contributed by atoms with Crippen LogP contribution in [0, 0.1) is 0 Å². The highest BCUT2D eigenvalue weighted by atomic mass is 35.5. The second-order valence-corrected chi connectivity index (χ2v) is 2.49. The maximum Gasteiger partial charge on any atom is 0.488 e. The lowest BCUT2D eigenvalue weighted by Gasteiger charge is -2.00. The minimum absolute atomic E-state index is 0.155. The van der Waals surface area contributed by atoms with Crippen LogP contribution in [-0.4, -0.2) is 22.3 Å². The van der Waals surface area contributed by atoms with Gasteiger partial charge in [0.15, 0.2) is 0 Å². The Hall–Kier alpha value is -0.705. The van der Waals surface area contributed by atoms with E-state index in [0.717, 1.165) is 0 Å². The van der Waals surface area contributed by atoms with Gasteiger partial charge in [0, 0.05) is 0 Å². The minimum atomic E-state index is -1.57. The molecule has 5 heteroatoms. The second-order valence-electron chi connectivity index (χ2n) is 2.08. The molecule has 0 spiro atoms. The fourth-order valence-corrected chi connectivity index (χ4v) is 0.808. The zero-order chi connectivity index (χ0) is 8.43. The first kappa shape index (κ1) is 8.39. The van der Waals surface area contributed by atoms with Gasteiger partial charge in [-0.15, -0.1) is 0 Å². The van der Waals surface area contributed by atoms with Gasteiger partial charge >= 0.3 is 7.12 Å². The van der Waals surface area contributed by atoms with E-state index < -0.39 is 7.12 Å². The Kier molecular flexibility index (Phi) is 2.39. The lowest BCUT2D eigenvalue weighted by atomic mass is 9.80. The van der Waals surface area contributed by atoms with Crippen LogP contribution in [0.1, 0.15) is 0 Å². The summed E-state index contributed by atoms with van der Waals surface area (Å²) in [6.45, 7) is 0. The maximum atomic E-state index is 8.99. The van der Waals surface area contributed by atoms with E-state index in [9.17, 15) is 0 Å². The van der Waals surface area contributed by atoms with E-state index in [1.807, 2.05) is 0 Å². The summed E-state index contributed by atoms with van der Waals surface area (Å²) >= 11 is 5.47. The predicted molar refractivity (Wildman–Crippen MR) is 42.9 cm³/mol. The van der Waals surface area contributed by atoms with E-state index in [1.165, 1.54) is 18.2 Å². The molecular weight excluding hydrogens is 166 g/mol. The Labute approximate surface area is 69.0 Å². The molecule has 0 bridgehead atoms. The van der Waals surface area contributed by atoms with Crippen LogP contribution in [0.5, 0.6) is 5.75 Å². The summed E-state index contributed by atoms with van der Waals surface area (Å²) in [4.78, 5) is 0. The monoisotopic (exact) mass is 172 g/mol. The average Bonchev–Trinajstić information content (AvgIpc) is 1.94. The Bertz CT molecular complexity index is 264. The number of benzene rings is 1. The largest absolute Gasteiger partial charge is 0.506 e. The van der Waals surface area contributed by atoms with Gasteiger partial charge in [-0.25, -0.2) is 0 Å². The van der Waals surface area contributed by atoms with Crippen molar-refractivity contribution in [3.8, 4) is 5.75 Å². The van der Waals surface area contributed by atoms with Crippen LogP contribution in [0.15, 0.2) is 18.2 Å². The topological polar surface area (TPSA) is 60.7 Å². The molecule has 0 saturated heterocycles. The molecule has 58 valence electrons. The number of phenols is 1. The smallest absolute Gasteiger partial charge is 0.488 e. The molecule has 0 aliphatic heterocycles. The first-order valence-electron chi connectivity index (χ1n) is 2.96. The molecule has 1 aromatic rings. The molecule has 3 nitrogen and oxygen atoms in total. The molecule has 0 aliphatic rings. The average molecular weight is 172 g/mol.